The zero-order valence-corrected chi connectivity index (χ0v) is 12.2. The van der Waals surface area contributed by atoms with Crippen LogP contribution < -0.4 is 5.32 Å². The number of hydrogen-bond donors (Lipinski definition) is 2. The first-order chi connectivity index (χ1) is 8.86. The molecule has 2 N–H and O–H groups in total. The van der Waals surface area contributed by atoms with Crippen molar-refractivity contribution in [3.63, 3.8) is 0 Å². The van der Waals surface area contributed by atoms with E-state index in [9.17, 15) is 14.0 Å². The number of hydrogen-bond acceptors (Lipinski definition) is 2. The summed E-state index contributed by atoms with van der Waals surface area (Å²) >= 11 is 2.99. The normalized spacial score (nSPS) is 13.7. The molecule has 0 fully saturated rings. The highest BCUT2D eigenvalue weighted by Gasteiger charge is 2.25. The van der Waals surface area contributed by atoms with Crippen LogP contribution in [0.3, 0.4) is 0 Å². The second-order valence-electron chi connectivity index (χ2n) is 4.30. The van der Waals surface area contributed by atoms with Crippen LogP contribution >= 0.6 is 15.9 Å². The summed E-state index contributed by atoms with van der Waals surface area (Å²) < 4.78 is 13.6. The number of carboxylic acids is 1. The second kappa shape index (κ2) is 6.65. The van der Waals surface area contributed by atoms with Gasteiger partial charge in [0.25, 0.3) is 5.91 Å². The van der Waals surface area contributed by atoms with Crippen molar-refractivity contribution in [2.24, 2.45) is 5.92 Å². The third-order valence-electron chi connectivity index (χ3n) is 2.95. The Hall–Kier alpha value is -1.43. The van der Waals surface area contributed by atoms with Crippen LogP contribution in [0.4, 0.5) is 4.39 Å². The topological polar surface area (TPSA) is 66.4 Å². The molecule has 1 aromatic carbocycles. The lowest BCUT2D eigenvalue weighted by Gasteiger charge is -2.20. The van der Waals surface area contributed by atoms with Gasteiger partial charge in [-0.25, -0.2) is 9.18 Å². The van der Waals surface area contributed by atoms with E-state index in [2.05, 4.69) is 21.2 Å². The number of amides is 1. The molecule has 19 heavy (non-hydrogen) atoms. The zero-order chi connectivity index (χ0) is 14.6. The lowest BCUT2D eigenvalue weighted by Crippen LogP contribution is -2.45. The predicted octanol–water partition coefficient (Wildman–Crippen LogP) is 2.82. The fourth-order valence-electron chi connectivity index (χ4n) is 1.55. The van der Waals surface area contributed by atoms with Crippen molar-refractivity contribution >= 4 is 27.8 Å². The van der Waals surface area contributed by atoms with E-state index in [1.54, 1.807) is 6.92 Å². The molecule has 2 atom stereocenters. The summed E-state index contributed by atoms with van der Waals surface area (Å²) in [6, 6.07) is 2.92. The lowest BCUT2D eigenvalue weighted by molar-refractivity contribution is -0.140. The Morgan fingerprint density at radius 1 is 1.47 bits per heavy atom. The van der Waals surface area contributed by atoms with Crippen molar-refractivity contribution in [1.82, 2.24) is 5.32 Å². The standard InChI is InChI=1S/C13H15BrFNO3/c1-3-7(2)11(13(18)19)16-12(17)8-4-5-9(14)10(15)6-8/h4-7,11H,3H2,1-2H3,(H,16,17)(H,18,19). The number of rotatable bonds is 5. The maximum absolute atomic E-state index is 13.3. The molecule has 0 bridgehead atoms. The second-order valence-corrected chi connectivity index (χ2v) is 5.16. The first-order valence-corrected chi connectivity index (χ1v) is 6.64. The maximum Gasteiger partial charge on any atom is 0.326 e. The van der Waals surface area contributed by atoms with Crippen LogP contribution in [0.25, 0.3) is 0 Å². The molecule has 1 amide bonds. The minimum absolute atomic E-state index is 0.0928. The summed E-state index contributed by atoms with van der Waals surface area (Å²) in [5.74, 6) is -2.47. The van der Waals surface area contributed by atoms with Crippen LogP contribution in [0.1, 0.15) is 30.6 Å². The highest BCUT2D eigenvalue weighted by molar-refractivity contribution is 9.10. The first-order valence-electron chi connectivity index (χ1n) is 5.85. The highest BCUT2D eigenvalue weighted by Crippen LogP contribution is 2.17. The van der Waals surface area contributed by atoms with Crippen LogP contribution in [-0.4, -0.2) is 23.0 Å². The van der Waals surface area contributed by atoms with Crippen LogP contribution in [0.2, 0.25) is 0 Å². The molecule has 0 aromatic heterocycles. The largest absolute Gasteiger partial charge is 0.480 e. The molecule has 4 nitrogen and oxygen atoms in total. The Morgan fingerprint density at radius 2 is 2.11 bits per heavy atom. The van der Waals surface area contributed by atoms with Gasteiger partial charge in [-0.1, -0.05) is 20.3 Å². The minimum Gasteiger partial charge on any atom is -0.480 e. The van der Waals surface area contributed by atoms with E-state index in [4.69, 9.17) is 5.11 Å². The third-order valence-corrected chi connectivity index (χ3v) is 3.59. The number of aliphatic carboxylic acids is 1. The van der Waals surface area contributed by atoms with E-state index < -0.39 is 23.7 Å². The molecule has 0 aliphatic heterocycles. The van der Waals surface area contributed by atoms with Gasteiger partial charge in [-0.15, -0.1) is 0 Å². The molecule has 0 saturated carbocycles. The molecule has 0 heterocycles. The van der Waals surface area contributed by atoms with Crippen molar-refractivity contribution in [1.29, 1.82) is 0 Å². The number of carboxylic acid groups (broad SMARTS) is 1. The van der Waals surface area contributed by atoms with Gasteiger partial charge in [-0.2, -0.15) is 0 Å². The Balaban J connectivity index is 2.87. The molecule has 104 valence electrons. The number of benzene rings is 1. The predicted molar refractivity (Wildman–Crippen MR) is 72.4 cm³/mol. The van der Waals surface area contributed by atoms with Crippen molar-refractivity contribution in [3.8, 4) is 0 Å². The van der Waals surface area contributed by atoms with Gasteiger partial charge in [0.1, 0.15) is 11.9 Å². The monoisotopic (exact) mass is 331 g/mol. The highest BCUT2D eigenvalue weighted by atomic mass is 79.9. The van der Waals surface area contributed by atoms with Gasteiger partial charge in [0.05, 0.1) is 4.47 Å². The average Bonchev–Trinajstić information content (AvgIpc) is 2.37. The van der Waals surface area contributed by atoms with E-state index in [0.29, 0.717) is 6.42 Å². The minimum atomic E-state index is -1.10. The van der Waals surface area contributed by atoms with E-state index in [-0.39, 0.29) is 16.0 Å². The number of halogens is 2. The molecule has 2 unspecified atom stereocenters. The van der Waals surface area contributed by atoms with Gasteiger partial charge in [-0.05, 0) is 40.0 Å². The van der Waals surface area contributed by atoms with Gasteiger partial charge in [0.15, 0.2) is 0 Å². The molecule has 0 aliphatic rings. The van der Waals surface area contributed by atoms with Crippen LogP contribution in [0, 0.1) is 11.7 Å². The summed E-state index contributed by atoms with van der Waals surface area (Å²) in [5.41, 5.74) is 0.0928. The van der Waals surface area contributed by atoms with Gasteiger partial charge in [-0.3, -0.25) is 4.79 Å². The Labute approximate surface area is 119 Å². The number of nitrogens with one attached hydrogen (secondary N) is 1. The van der Waals surface area contributed by atoms with E-state index in [1.807, 2.05) is 6.92 Å². The fraction of sp³-hybridized carbons (Fsp3) is 0.385. The van der Waals surface area contributed by atoms with Gasteiger partial charge in [0.2, 0.25) is 0 Å². The summed E-state index contributed by atoms with van der Waals surface area (Å²) in [4.78, 5) is 23.0. The fourth-order valence-corrected chi connectivity index (χ4v) is 1.79. The van der Waals surface area contributed by atoms with Gasteiger partial charge >= 0.3 is 5.97 Å². The van der Waals surface area contributed by atoms with Crippen LogP contribution in [0.5, 0.6) is 0 Å². The Bertz CT molecular complexity index is 493. The molecule has 0 saturated heterocycles. The number of carbonyl (C=O) groups is 2. The Morgan fingerprint density at radius 3 is 2.58 bits per heavy atom. The molecule has 6 heteroatoms. The third kappa shape index (κ3) is 4.02. The summed E-state index contributed by atoms with van der Waals surface area (Å²) in [6.45, 7) is 3.58. The van der Waals surface area contributed by atoms with Crippen molar-refractivity contribution in [2.45, 2.75) is 26.3 Å². The molecule has 1 aromatic rings. The average molecular weight is 332 g/mol. The summed E-state index contributed by atoms with van der Waals surface area (Å²) in [5, 5.41) is 11.5. The molecule has 1 rings (SSSR count). The molecular formula is C13H15BrFNO3. The van der Waals surface area contributed by atoms with Gasteiger partial charge in [0, 0.05) is 5.56 Å². The first kappa shape index (κ1) is 15.6. The van der Waals surface area contributed by atoms with Crippen molar-refractivity contribution < 1.29 is 19.1 Å². The van der Waals surface area contributed by atoms with Crippen molar-refractivity contribution in [2.75, 3.05) is 0 Å². The molecule has 0 radical (unpaired) electrons. The van der Waals surface area contributed by atoms with Gasteiger partial charge < -0.3 is 10.4 Å². The molecule has 0 spiro atoms. The summed E-state index contributed by atoms with van der Waals surface area (Å²) in [7, 11) is 0. The summed E-state index contributed by atoms with van der Waals surface area (Å²) in [6.07, 6.45) is 0.617. The van der Waals surface area contributed by atoms with E-state index in [1.165, 1.54) is 12.1 Å². The molecular weight excluding hydrogens is 317 g/mol. The molecule has 0 aliphatic carbocycles. The smallest absolute Gasteiger partial charge is 0.326 e. The maximum atomic E-state index is 13.3. The van der Waals surface area contributed by atoms with Crippen molar-refractivity contribution in [3.05, 3.63) is 34.1 Å². The van der Waals surface area contributed by atoms with Crippen LogP contribution in [0.15, 0.2) is 22.7 Å². The SMILES string of the molecule is CCC(C)C(NC(=O)c1ccc(Br)c(F)c1)C(=O)O. The zero-order valence-electron chi connectivity index (χ0n) is 10.6. The quantitative estimate of drug-likeness (QED) is 0.871. The number of carbonyl (C=O) groups excluding carboxylic acids is 1. The van der Waals surface area contributed by atoms with E-state index >= 15 is 0 Å². The van der Waals surface area contributed by atoms with Crippen LogP contribution in [-0.2, 0) is 4.79 Å². The lowest BCUT2D eigenvalue weighted by atomic mass is 9.99. The van der Waals surface area contributed by atoms with E-state index in [0.717, 1.165) is 6.07 Å². The Kier molecular flexibility index (Phi) is 5.47.